The second-order valence-corrected chi connectivity index (χ2v) is 8.41. The van der Waals surface area contributed by atoms with E-state index in [1.165, 1.54) is 17.6 Å². The molecule has 0 saturated heterocycles. The predicted molar refractivity (Wildman–Crippen MR) is 94.5 cm³/mol. The molecule has 0 bridgehead atoms. The van der Waals surface area contributed by atoms with Gasteiger partial charge in [0, 0.05) is 4.88 Å². The third-order valence-electron chi connectivity index (χ3n) is 4.71. The lowest BCUT2D eigenvalue weighted by Crippen LogP contribution is -2.27. The summed E-state index contributed by atoms with van der Waals surface area (Å²) >= 11 is 1.46. The molecule has 0 fully saturated rings. The Balaban J connectivity index is 1.92. The largest absolute Gasteiger partial charge is 0.459 e. The first kappa shape index (κ1) is 16.8. The van der Waals surface area contributed by atoms with Crippen molar-refractivity contribution in [2.75, 3.05) is 5.32 Å². The van der Waals surface area contributed by atoms with Crippen molar-refractivity contribution in [2.45, 2.75) is 40.0 Å². The highest BCUT2D eigenvalue weighted by Gasteiger charge is 2.33. The SMILES string of the molecule is CC(C)(C)[C@@H]1CCc2c(sc(NC(=O)c3ccco3)c2C(N)=O)C1. The normalized spacial score (nSPS) is 17.4. The molecule has 5 nitrogen and oxygen atoms in total. The van der Waals surface area contributed by atoms with Crippen molar-refractivity contribution in [3.05, 3.63) is 40.2 Å². The number of hydrogen-bond donors (Lipinski definition) is 2. The molecule has 3 N–H and O–H groups in total. The molecule has 3 rings (SSSR count). The van der Waals surface area contributed by atoms with Crippen LogP contribution in [0.5, 0.6) is 0 Å². The van der Waals surface area contributed by atoms with E-state index in [0.29, 0.717) is 16.5 Å². The summed E-state index contributed by atoms with van der Waals surface area (Å²) in [6, 6.07) is 3.24. The second kappa shape index (κ2) is 6.09. The van der Waals surface area contributed by atoms with Gasteiger partial charge in [0.2, 0.25) is 0 Å². The van der Waals surface area contributed by atoms with Gasteiger partial charge in [-0.1, -0.05) is 20.8 Å². The van der Waals surface area contributed by atoms with Crippen molar-refractivity contribution in [3.63, 3.8) is 0 Å². The van der Waals surface area contributed by atoms with E-state index in [1.807, 2.05) is 0 Å². The number of rotatable bonds is 3. The Morgan fingerprint density at radius 1 is 1.38 bits per heavy atom. The van der Waals surface area contributed by atoms with Crippen LogP contribution in [0.15, 0.2) is 22.8 Å². The van der Waals surface area contributed by atoms with Crippen LogP contribution in [-0.2, 0) is 12.8 Å². The molecule has 1 atom stereocenters. The fraction of sp³-hybridized carbons (Fsp3) is 0.444. The number of furan rings is 1. The van der Waals surface area contributed by atoms with Crippen LogP contribution in [0.1, 0.15) is 58.5 Å². The Hall–Kier alpha value is -2.08. The third kappa shape index (κ3) is 3.11. The molecule has 0 aliphatic heterocycles. The van der Waals surface area contributed by atoms with Crippen LogP contribution in [-0.4, -0.2) is 11.8 Å². The topological polar surface area (TPSA) is 85.3 Å². The molecular formula is C18H22N2O3S. The summed E-state index contributed by atoms with van der Waals surface area (Å²) in [5.74, 6) is -0.0905. The van der Waals surface area contributed by atoms with Crippen molar-refractivity contribution >= 4 is 28.2 Å². The number of carbonyl (C=O) groups excluding carboxylic acids is 2. The maximum absolute atomic E-state index is 12.2. The van der Waals surface area contributed by atoms with Crippen molar-refractivity contribution in [3.8, 4) is 0 Å². The summed E-state index contributed by atoms with van der Waals surface area (Å²) in [5, 5.41) is 3.32. The molecule has 2 aromatic rings. The summed E-state index contributed by atoms with van der Waals surface area (Å²) in [4.78, 5) is 25.3. The third-order valence-corrected chi connectivity index (χ3v) is 5.88. The summed E-state index contributed by atoms with van der Waals surface area (Å²) in [6.07, 6.45) is 4.21. The van der Waals surface area contributed by atoms with Gasteiger partial charge >= 0.3 is 0 Å². The highest BCUT2D eigenvalue weighted by Crippen LogP contribution is 2.44. The van der Waals surface area contributed by atoms with Crippen molar-refractivity contribution in [1.29, 1.82) is 0 Å². The van der Waals surface area contributed by atoms with E-state index in [4.69, 9.17) is 10.2 Å². The molecule has 0 aromatic carbocycles. The highest BCUT2D eigenvalue weighted by atomic mass is 32.1. The van der Waals surface area contributed by atoms with Gasteiger partial charge in [0.05, 0.1) is 11.8 Å². The number of hydrogen-bond acceptors (Lipinski definition) is 4. The Bertz CT molecular complexity index is 769. The van der Waals surface area contributed by atoms with Gasteiger partial charge in [0.15, 0.2) is 5.76 Å². The lowest BCUT2D eigenvalue weighted by molar-refractivity contribution is 0.0997. The van der Waals surface area contributed by atoms with Gasteiger partial charge in [-0.05, 0) is 48.3 Å². The zero-order valence-electron chi connectivity index (χ0n) is 14.1. The molecule has 0 saturated carbocycles. The average Bonchev–Trinajstić information content (AvgIpc) is 3.12. The molecule has 0 unspecified atom stereocenters. The number of anilines is 1. The van der Waals surface area contributed by atoms with E-state index >= 15 is 0 Å². The van der Waals surface area contributed by atoms with E-state index in [9.17, 15) is 9.59 Å². The number of nitrogens with one attached hydrogen (secondary N) is 1. The van der Waals surface area contributed by atoms with Crippen LogP contribution >= 0.6 is 11.3 Å². The van der Waals surface area contributed by atoms with Crippen LogP contribution in [0.3, 0.4) is 0 Å². The molecule has 2 amide bonds. The fourth-order valence-electron chi connectivity index (χ4n) is 3.25. The van der Waals surface area contributed by atoms with Crippen LogP contribution in [0.2, 0.25) is 0 Å². The van der Waals surface area contributed by atoms with Gasteiger partial charge in [0.25, 0.3) is 11.8 Å². The number of nitrogens with two attached hydrogens (primary N) is 1. The first-order chi connectivity index (χ1) is 11.3. The zero-order valence-corrected chi connectivity index (χ0v) is 15.0. The zero-order chi connectivity index (χ0) is 17.5. The Kier molecular flexibility index (Phi) is 4.25. The first-order valence-electron chi connectivity index (χ1n) is 8.06. The van der Waals surface area contributed by atoms with E-state index in [-0.39, 0.29) is 17.1 Å². The average molecular weight is 346 g/mol. The molecule has 24 heavy (non-hydrogen) atoms. The number of carbonyl (C=O) groups is 2. The highest BCUT2D eigenvalue weighted by molar-refractivity contribution is 7.17. The summed E-state index contributed by atoms with van der Waals surface area (Å²) in [5.41, 5.74) is 7.27. The first-order valence-corrected chi connectivity index (χ1v) is 8.88. The minimum atomic E-state index is -0.489. The van der Waals surface area contributed by atoms with E-state index in [2.05, 4.69) is 26.1 Å². The second-order valence-electron chi connectivity index (χ2n) is 7.31. The van der Waals surface area contributed by atoms with Crippen LogP contribution < -0.4 is 11.1 Å². The van der Waals surface area contributed by atoms with Gasteiger partial charge in [-0.25, -0.2) is 0 Å². The fourth-order valence-corrected chi connectivity index (χ4v) is 4.57. The summed E-state index contributed by atoms with van der Waals surface area (Å²) in [6.45, 7) is 6.72. The van der Waals surface area contributed by atoms with Crippen LogP contribution in [0, 0.1) is 11.3 Å². The molecule has 2 aromatic heterocycles. The quantitative estimate of drug-likeness (QED) is 0.885. The minimum Gasteiger partial charge on any atom is -0.459 e. The molecule has 128 valence electrons. The maximum atomic E-state index is 12.2. The Morgan fingerprint density at radius 2 is 2.12 bits per heavy atom. The Morgan fingerprint density at radius 3 is 2.71 bits per heavy atom. The molecule has 1 aliphatic carbocycles. The van der Waals surface area contributed by atoms with E-state index in [0.717, 1.165) is 29.7 Å². The van der Waals surface area contributed by atoms with Crippen molar-refractivity contribution in [1.82, 2.24) is 0 Å². The lowest BCUT2D eigenvalue weighted by Gasteiger charge is -2.33. The van der Waals surface area contributed by atoms with Gasteiger partial charge in [0.1, 0.15) is 5.00 Å². The van der Waals surface area contributed by atoms with E-state index in [1.54, 1.807) is 12.1 Å². The standard InChI is InChI=1S/C18H22N2O3S/c1-18(2,3)10-6-7-11-13(9-10)24-17(14(11)15(19)21)20-16(22)12-5-4-8-23-12/h4-5,8,10H,6-7,9H2,1-3H3,(H2,19,21)(H,20,22)/t10-/m1/s1. The van der Waals surface area contributed by atoms with Gasteiger partial charge < -0.3 is 15.5 Å². The minimum absolute atomic E-state index is 0.212. The maximum Gasteiger partial charge on any atom is 0.291 e. The molecule has 2 heterocycles. The molecule has 0 spiro atoms. The number of primary amides is 1. The molecular weight excluding hydrogens is 324 g/mol. The van der Waals surface area contributed by atoms with Gasteiger partial charge in [-0.2, -0.15) is 0 Å². The van der Waals surface area contributed by atoms with Gasteiger partial charge in [-0.15, -0.1) is 11.3 Å². The lowest BCUT2D eigenvalue weighted by atomic mass is 9.72. The van der Waals surface area contributed by atoms with Crippen LogP contribution in [0.4, 0.5) is 5.00 Å². The number of thiophene rings is 1. The van der Waals surface area contributed by atoms with Crippen molar-refractivity contribution in [2.24, 2.45) is 17.1 Å². The Labute approximate surface area is 145 Å². The summed E-state index contributed by atoms with van der Waals surface area (Å²) < 4.78 is 5.11. The smallest absolute Gasteiger partial charge is 0.291 e. The summed E-state index contributed by atoms with van der Waals surface area (Å²) in [7, 11) is 0. The van der Waals surface area contributed by atoms with Crippen LogP contribution in [0.25, 0.3) is 0 Å². The van der Waals surface area contributed by atoms with Crippen molar-refractivity contribution < 1.29 is 14.0 Å². The number of fused-ring (bicyclic) bond motifs is 1. The predicted octanol–water partition coefficient (Wildman–Crippen LogP) is 3.84. The van der Waals surface area contributed by atoms with Gasteiger partial charge in [-0.3, -0.25) is 9.59 Å². The number of amides is 2. The molecule has 6 heteroatoms. The monoisotopic (exact) mass is 346 g/mol. The molecule has 0 radical (unpaired) electrons. The molecule has 1 aliphatic rings. The van der Waals surface area contributed by atoms with E-state index < -0.39 is 5.91 Å².